The van der Waals surface area contributed by atoms with Crippen molar-refractivity contribution >= 4 is 46.4 Å². The van der Waals surface area contributed by atoms with Crippen LogP contribution in [0, 0.1) is 0 Å². The molecular formula is C23H23Cl2N5O. The molecule has 2 aromatic carbocycles. The molecule has 1 aromatic heterocycles. The molecule has 0 atom stereocenters. The second-order valence-electron chi connectivity index (χ2n) is 7.46. The normalized spacial score (nSPS) is 14.1. The summed E-state index contributed by atoms with van der Waals surface area (Å²) in [5.74, 6) is 0.931. The van der Waals surface area contributed by atoms with Gasteiger partial charge in [-0.3, -0.25) is 0 Å². The number of carbonyl (C=O) groups excluding carboxylic acids is 1. The van der Waals surface area contributed by atoms with E-state index in [4.69, 9.17) is 23.2 Å². The van der Waals surface area contributed by atoms with Crippen molar-refractivity contribution in [3.05, 3.63) is 64.6 Å². The lowest BCUT2D eigenvalue weighted by atomic mass is 10.1. The second-order valence-corrected chi connectivity index (χ2v) is 8.30. The van der Waals surface area contributed by atoms with Crippen LogP contribution in [0.5, 0.6) is 0 Å². The zero-order chi connectivity index (χ0) is 21.6. The third kappa shape index (κ3) is 5.66. The van der Waals surface area contributed by atoms with Crippen LogP contribution < -0.4 is 15.5 Å². The van der Waals surface area contributed by atoms with Crippen molar-refractivity contribution in [3.8, 4) is 11.3 Å². The zero-order valence-electron chi connectivity index (χ0n) is 16.9. The number of hydrogen-bond donors (Lipinski definition) is 2. The van der Waals surface area contributed by atoms with Crippen LogP contribution in [0.3, 0.4) is 0 Å². The fourth-order valence-electron chi connectivity index (χ4n) is 3.55. The summed E-state index contributed by atoms with van der Waals surface area (Å²) in [6.45, 7) is 2.08. The summed E-state index contributed by atoms with van der Waals surface area (Å²) in [4.78, 5) is 14.6. The van der Waals surface area contributed by atoms with E-state index in [0.29, 0.717) is 21.4 Å². The van der Waals surface area contributed by atoms with E-state index >= 15 is 0 Å². The van der Waals surface area contributed by atoms with Crippen LogP contribution in [0.2, 0.25) is 10.0 Å². The summed E-state index contributed by atoms with van der Waals surface area (Å²) >= 11 is 12.0. The molecule has 0 unspecified atom stereocenters. The summed E-state index contributed by atoms with van der Waals surface area (Å²) in [5, 5.41) is 15.2. The lowest BCUT2D eigenvalue weighted by Crippen LogP contribution is -2.25. The van der Waals surface area contributed by atoms with Crippen molar-refractivity contribution in [3.63, 3.8) is 0 Å². The average molecular weight is 456 g/mol. The van der Waals surface area contributed by atoms with E-state index in [1.54, 1.807) is 18.2 Å². The van der Waals surface area contributed by atoms with Gasteiger partial charge in [0, 0.05) is 29.4 Å². The quantitative estimate of drug-likeness (QED) is 0.472. The summed E-state index contributed by atoms with van der Waals surface area (Å²) in [6.07, 6.45) is 4.98. The molecule has 2 heterocycles. The van der Waals surface area contributed by atoms with Gasteiger partial charge in [-0.15, -0.1) is 10.2 Å². The Morgan fingerprint density at radius 3 is 2.26 bits per heavy atom. The molecule has 3 aromatic rings. The van der Waals surface area contributed by atoms with E-state index in [2.05, 4.69) is 25.7 Å². The Kier molecular flexibility index (Phi) is 6.89. The predicted molar refractivity (Wildman–Crippen MR) is 127 cm³/mol. The van der Waals surface area contributed by atoms with E-state index in [1.165, 1.54) is 25.7 Å². The van der Waals surface area contributed by atoms with Gasteiger partial charge in [-0.2, -0.15) is 0 Å². The van der Waals surface area contributed by atoms with Crippen LogP contribution in [-0.4, -0.2) is 29.3 Å². The molecule has 0 bridgehead atoms. The molecular weight excluding hydrogens is 433 g/mol. The molecule has 0 aliphatic carbocycles. The average Bonchev–Trinajstić information content (AvgIpc) is 3.07. The maximum atomic E-state index is 12.3. The largest absolute Gasteiger partial charge is 0.355 e. The van der Waals surface area contributed by atoms with Gasteiger partial charge in [0.1, 0.15) is 0 Å². The highest BCUT2D eigenvalue weighted by molar-refractivity contribution is 6.35. The molecule has 4 rings (SSSR count). The monoisotopic (exact) mass is 455 g/mol. The number of halogens is 2. The summed E-state index contributed by atoms with van der Waals surface area (Å²) in [5.41, 5.74) is 2.82. The van der Waals surface area contributed by atoms with Crippen LogP contribution in [-0.2, 0) is 0 Å². The standard InChI is InChI=1S/C23H23Cl2N5O/c24-17-7-10-19(25)21(15-17)27-23(31)26-18-8-5-16(6-9-18)20-11-12-22(29-28-20)30-13-3-1-2-4-14-30/h5-12,15H,1-4,13-14H2,(H2,26,27,31). The van der Waals surface area contributed by atoms with Gasteiger partial charge >= 0.3 is 6.03 Å². The molecule has 0 saturated carbocycles. The maximum absolute atomic E-state index is 12.3. The molecule has 0 radical (unpaired) electrons. The fourth-order valence-corrected chi connectivity index (χ4v) is 3.89. The molecule has 0 spiro atoms. The highest BCUT2D eigenvalue weighted by Gasteiger charge is 2.12. The van der Waals surface area contributed by atoms with Gasteiger partial charge in [0.15, 0.2) is 5.82 Å². The Labute approximate surface area is 191 Å². The number of nitrogens with one attached hydrogen (secondary N) is 2. The van der Waals surface area contributed by atoms with Crippen LogP contribution in [0.15, 0.2) is 54.6 Å². The molecule has 160 valence electrons. The summed E-state index contributed by atoms with van der Waals surface area (Å²) < 4.78 is 0. The fraction of sp³-hybridized carbons (Fsp3) is 0.261. The zero-order valence-corrected chi connectivity index (χ0v) is 18.5. The minimum atomic E-state index is -0.404. The molecule has 2 amide bonds. The van der Waals surface area contributed by atoms with E-state index < -0.39 is 6.03 Å². The maximum Gasteiger partial charge on any atom is 0.323 e. The Morgan fingerprint density at radius 2 is 1.58 bits per heavy atom. The van der Waals surface area contributed by atoms with Crippen molar-refractivity contribution in [2.24, 2.45) is 0 Å². The number of rotatable bonds is 4. The molecule has 1 fully saturated rings. The minimum Gasteiger partial charge on any atom is -0.355 e. The SMILES string of the molecule is O=C(Nc1ccc(-c2ccc(N3CCCCCC3)nn2)cc1)Nc1cc(Cl)ccc1Cl. The minimum absolute atomic E-state index is 0.404. The molecule has 1 aliphatic rings. The van der Waals surface area contributed by atoms with E-state index in [9.17, 15) is 4.79 Å². The molecule has 6 nitrogen and oxygen atoms in total. The lowest BCUT2D eigenvalue weighted by molar-refractivity contribution is 0.262. The van der Waals surface area contributed by atoms with Gasteiger partial charge in [0.25, 0.3) is 0 Å². The van der Waals surface area contributed by atoms with Gasteiger partial charge < -0.3 is 15.5 Å². The first-order valence-electron chi connectivity index (χ1n) is 10.3. The number of urea groups is 1. The lowest BCUT2D eigenvalue weighted by Gasteiger charge is -2.20. The molecule has 1 saturated heterocycles. The first kappa shape index (κ1) is 21.4. The Morgan fingerprint density at radius 1 is 0.839 bits per heavy atom. The highest BCUT2D eigenvalue weighted by atomic mass is 35.5. The molecule has 2 N–H and O–H groups in total. The molecule has 1 aliphatic heterocycles. The third-order valence-corrected chi connectivity index (χ3v) is 5.76. The summed E-state index contributed by atoms with van der Waals surface area (Å²) in [6, 6.07) is 15.9. The van der Waals surface area contributed by atoms with Gasteiger partial charge in [-0.1, -0.05) is 48.2 Å². The number of nitrogens with zero attached hydrogens (tertiary/aromatic N) is 3. The first-order chi connectivity index (χ1) is 15.1. The van der Waals surface area contributed by atoms with Gasteiger partial charge in [-0.05, 0) is 55.3 Å². The van der Waals surface area contributed by atoms with Crippen LogP contribution in [0.25, 0.3) is 11.3 Å². The Balaban J connectivity index is 1.38. The molecule has 31 heavy (non-hydrogen) atoms. The van der Waals surface area contributed by atoms with E-state index in [0.717, 1.165) is 30.2 Å². The number of anilines is 3. The predicted octanol–water partition coefficient (Wildman–Crippen LogP) is 6.47. The van der Waals surface area contributed by atoms with E-state index in [-0.39, 0.29) is 0 Å². The van der Waals surface area contributed by atoms with Crippen molar-refractivity contribution in [1.82, 2.24) is 10.2 Å². The van der Waals surface area contributed by atoms with Crippen LogP contribution >= 0.6 is 23.2 Å². The van der Waals surface area contributed by atoms with Crippen molar-refractivity contribution in [1.29, 1.82) is 0 Å². The van der Waals surface area contributed by atoms with Crippen molar-refractivity contribution in [2.45, 2.75) is 25.7 Å². The number of hydrogen-bond acceptors (Lipinski definition) is 4. The Hall–Kier alpha value is -2.83. The number of benzene rings is 2. The smallest absolute Gasteiger partial charge is 0.323 e. The first-order valence-corrected chi connectivity index (χ1v) is 11.1. The topological polar surface area (TPSA) is 70.2 Å². The highest BCUT2D eigenvalue weighted by Crippen LogP contribution is 2.26. The third-order valence-electron chi connectivity index (χ3n) is 5.20. The van der Waals surface area contributed by atoms with Gasteiger partial charge in [0.05, 0.1) is 16.4 Å². The second kappa shape index (κ2) is 9.98. The number of amides is 2. The van der Waals surface area contributed by atoms with Crippen molar-refractivity contribution < 1.29 is 4.79 Å². The molecule has 8 heteroatoms. The van der Waals surface area contributed by atoms with Crippen LogP contribution in [0.4, 0.5) is 22.0 Å². The van der Waals surface area contributed by atoms with Gasteiger partial charge in [0.2, 0.25) is 0 Å². The van der Waals surface area contributed by atoms with E-state index in [1.807, 2.05) is 36.4 Å². The Bertz CT molecular complexity index is 1030. The van der Waals surface area contributed by atoms with Gasteiger partial charge in [-0.25, -0.2) is 4.79 Å². The number of aromatic nitrogens is 2. The summed E-state index contributed by atoms with van der Waals surface area (Å²) in [7, 11) is 0. The van der Waals surface area contributed by atoms with Crippen LogP contribution in [0.1, 0.15) is 25.7 Å². The number of carbonyl (C=O) groups is 1. The van der Waals surface area contributed by atoms with Crippen molar-refractivity contribution in [2.75, 3.05) is 28.6 Å².